The van der Waals surface area contributed by atoms with Crippen LogP contribution in [0.4, 0.5) is 4.79 Å². The van der Waals surface area contributed by atoms with E-state index in [1.807, 2.05) is 18.2 Å². The molecular formula is C17H25NO5. The van der Waals surface area contributed by atoms with E-state index in [0.29, 0.717) is 13.2 Å². The van der Waals surface area contributed by atoms with E-state index in [1.165, 1.54) is 7.11 Å². The SMILES string of the molecule is COC(=O)/C(=C/C1=C/CCCOCC=C1)NC(=O)OC(C)(C)C. The third-order valence-corrected chi connectivity index (χ3v) is 2.75. The molecule has 1 aliphatic heterocycles. The third-order valence-electron chi connectivity index (χ3n) is 2.75. The fourth-order valence-corrected chi connectivity index (χ4v) is 1.80. The number of nitrogens with one attached hydrogen (secondary N) is 1. The van der Waals surface area contributed by atoms with Gasteiger partial charge in [-0.3, -0.25) is 5.32 Å². The molecule has 6 heteroatoms. The molecule has 0 atom stereocenters. The number of methoxy groups -OCH3 is 1. The molecule has 0 saturated heterocycles. The van der Waals surface area contributed by atoms with Gasteiger partial charge < -0.3 is 14.2 Å². The smallest absolute Gasteiger partial charge is 0.412 e. The molecule has 1 rings (SSSR count). The minimum absolute atomic E-state index is 0.0258. The Kier molecular flexibility index (Phi) is 7.54. The van der Waals surface area contributed by atoms with Gasteiger partial charge in [0.2, 0.25) is 0 Å². The lowest BCUT2D eigenvalue weighted by Crippen LogP contribution is -2.34. The van der Waals surface area contributed by atoms with Gasteiger partial charge in [-0.1, -0.05) is 18.2 Å². The first-order valence-corrected chi connectivity index (χ1v) is 7.56. The second-order valence-electron chi connectivity index (χ2n) is 6.00. The molecule has 1 heterocycles. The van der Waals surface area contributed by atoms with Crippen molar-refractivity contribution in [3.63, 3.8) is 0 Å². The molecule has 0 radical (unpaired) electrons. The number of hydrogen-bond donors (Lipinski definition) is 1. The zero-order chi connectivity index (χ0) is 17.3. The predicted molar refractivity (Wildman–Crippen MR) is 86.7 cm³/mol. The lowest BCUT2D eigenvalue weighted by molar-refractivity contribution is -0.136. The zero-order valence-electron chi connectivity index (χ0n) is 14.2. The quantitative estimate of drug-likeness (QED) is 0.638. The van der Waals surface area contributed by atoms with Crippen LogP contribution in [0.25, 0.3) is 0 Å². The molecule has 6 nitrogen and oxygen atoms in total. The highest BCUT2D eigenvalue weighted by Gasteiger charge is 2.20. The van der Waals surface area contributed by atoms with Crippen LogP contribution in [-0.2, 0) is 19.0 Å². The van der Waals surface area contributed by atoms with E-state index in [-0.39, 0.29) is 5.70 Å². The molecule has 0 aromatic rings. The van der Waals surface area contributed by atoms with Gasteiger partial charge in [-0.2, -0.15) is 0 Å². The Bertz CT molecular complexity index is 512. The van der Waals surface area contributed by atoms with Gasteiger partial charge >= 0.3 is 12.1 Å². The van der Waals surface area contributed by atoms with Crippen LogP contribution in [0.1, 0.15) is 33.6 Å². The standard InChI is InChI=1S/C17H25NO5/c1-17(2,3)23-16(20)18-14(15(19)21-4)12-13-8-5-6-10-22-11-7-9-13/h7-9,12H,5-6,10-11H2,1-4H3,(H,18,20)/b9-7?,13-8+,14-12-. The van der Waals surface area contributed by atoms with Crippen molar-refractivity contribution in [2.24, 2.45) is 0 Å². The van der Waals surface area contributed by atoms with Crippen molar-refractivity contribution >= 4 is 12.1 Å². The van der Waals surface area contributed by atoms with Crippen molar-refractivity contribution in [1.82, 2.24) is 5.32 Å². The number of allylic oxidation sites excluding steroid dienone is 4. The van der Waals surface area contributed by atoms with Gasteiger partial charge in [0.15, 0.2) is 0 Å². The van der Waals surface area contributed by atoms with E-state index in [9.17, 15) is 9.59 Å². The van der Waals surface area contributed by atoms with E-state index < -0.39 is 17.7 Å². The molecule has 0 aromatic heterocycles. The van der Waals surface area contributed by atoms with E-state index in [4.69, 9.17) is 14.2 Å². The summed E-state index contributed by atoms with van der Waals surface area (Å²) < 4.78 is 15.2. The van der Waals surface area contributed by atoms with Crippen LogP contribution in [0, 0.1) is 0 Å². The fraction of sp³-hybridized carbons (Fsp3) is 0.529. The summed E-state index contributed by atoms with van der Waals surface area (Å²) in [7, 11) is 1.26. The van der Waals surface area contributed by atoms with Gasteiger partial charge in [-0.05, 0) is 45.3 Å². The average molecular weight is 323 g/mol. The topological polar surface area (TPSA) is 73.9 Å². The Balaban J connectivity index is 2.93. The van der Waals surface area contributed by atoms with Gasteiger partial charge in [0.05, 0.1) is 13.7 Å². The van der Waals surface area contributed by atoms with Crippen LogP contribution in [-0.4, -0.2) is 38.0 Å². The number of carbonyl (C=O) groups excluding carboxylic acids is 2. The van der Waals surface area contributed by atoms with Gasteiger partial charge in [0.25, 0.3) is 0 Å². The normalized spacial score (nSPS) is 18.8. The molecule has 1 aliphatic rings. The molecule has 0 saturated carbocycles. The number of esters is 1. The first-order chi connectivity index (χ1) is 10.8. The van der Waals surface area contributed by atoms with Gasteiger partial charge in [-0.25, -0.2) is 9.59 Å². The van der Waals surface area contributed by atoms with E-state index in [2.05, 4.69) is 5.32 Å². The van der Waals surface area contributed by atoms with Crippen LogP contribution < -0.4 is 5.32 Å². The molecule has 23 heavy (non-hydrogen) atoms. The molecule has 0 bridgehead atoms. The Morgan fingerprint density at radius 2 is 2.09 bits per heavy atom. The van der Waals surface area contributed by atoms with Crippen molar-refractivity contribution in [1.29, 1.82) is 0 Å². The first kappa shape index (κ1) is 19.0. The number of rotatable bonds is 3. The van der Waals surface area contributed by atoms with Crippen LogP contribution in [0.3, 0.4) is 0 Å². The van der Waals surface area contributed by atoms with Crippen molar-refractivity contribution in [2.45, 2.75) is 39.2 Å². The molecule has 0 spiro atoms. The Morgan fingerprint density at radius 3 is 2.74 bits per heavy atom. The van der Waals surface area contributed by atoms with E-state index >= 15 is 0 Å². The molecule has 1 N–H and O–H groups in total. The zero-order valence-corrected chi connectivity index (χ0v) is 14.2. The maximum atomic E-state index is 11.9. The molecule has 128 valence electrons. The van der Waals surface area contributed by atoms with Gasteiger partial charge in [0.1, 0.15) is 11.3 Å². The molecule has 0 aromatic carbocycles. The van der Waals surface area contributed by atoms with Crippen LogP contribution in [0.15, 0.2) is 35.6 Å². The molecule has 1 amide bonds. The number of ether oxygens (including phenoxy) is 3. The summed E-state index contributed by atoms with van der Waals surface area (Å²) in [5.41, 5.74) is 0.171. The maximum Gasteiger partial charge on any atom is 0.412 e. The second kappa shape index (κ2) is 9.15. The largest absolute Gasteiger partial charge is 0.464 e. The number of carbonyl (C=O) groups is 2. The fourth-order valence-electron chi connectivity index (χ4n) is 1.80. The monoisotopic (exact) mass is 323 g/mol. The van der Waals surface area contributed by atoms with E-state index in [1.54, 1.807) is 26.8 Å². The number of hydrogen-bond acceptors (Lipinski definition) is 5. The number of amides is 1. The minimum Gasteiger partial charge on any atom is -0.464 e. The summed E-state index contributed by atoms with van der Waals surface area (Å²) >= 11 is 0. The van der Waals surface area contributed by atoms with E-state index in [0.717, 1.165) is 18.4 Å². The summed E-state index contributed by atoms with van der Waals surface area (Å²) in [4.78, 5) is 23.7. The average Bonchev–Trinajstić information content (AvgIpc) is 2.57. The summed E-state index contributed by atoms with van der Waals surface area (Å²) in [5.74, 6) is -0.638. The second-order valence-corrected chi connectivity index (χ2v) is 6.00. The highest BCUT2D eigenvalue weighted by Crippen LogP contribution is 2.11. The Labute approximate surface area is 137 Å². The lowest BCUT2D eigenvalue weighted by atomic mass is 10.1. The maximum absolute atomic E-state index is 11.9. The van der Waals surface area contributed by atoms with Crippen LogP contribution in [0.2, 0.25) is 0 Å². The summed E-state index contributed by atoms with van der Waals surface area (Å²) in [6, 6.07) is 0. The predicted octanol–water partition coefficient (Wildman–Crippen LogP) is 2.86. The number of alkyl carbamates (subject to hydrolysis) is 1. The highest BCUT2D eigenvalue weighted by molar-refractivity contribution is 5.92. The summed E-state index contributed by atoms with van der Waals surface area (Å²) in [5, 5.41) is 2.44. The summed E-state index contributed by atoms with van der Waals surface area (Å²) in [6.45, 7) is 6.45. The van der Waals surface area contributed by atoms with Crippen molar-refractivity contribution < 1.29 is 23.8 Å². The van der Waals surface area contributed by atoms with Crippen molar-refractivity contribution in [3.8, 4) is 0 Å². The Morgan fingerprint density at radius 1 is 1.35 bits per heavy atom. The van der Waals surface area contributed by atoms with Gasteiger partial charge in [0, 0.05) is 6.61 Å². The molecule has 0 fully saturated rings. The minimum atomic E-state index is -0.704. The molecule has 0 unspecified atom stereocenters. The van der Waals surface area contributed by atoms with Crippen molar-refractivity contribution in [2.75, 3.05) is 20.3 Å². The van der Waals surface area contributed by atoms with Crippen molar-refractivity contribution in [3.05, 3.63) is 35.6 Å². The molecular weight excluding hydrogens is 298 g/mol. The highest BCUT2D eigenvalue weighted by atomic mass is 16.6. The van der Waals surface area contributed by atoms with Crippen LogP contribution in [0.5, 0.6) is 0 Å². The van der Waals surface area contributed by atoms with Gasteiger partial charge in [-0.15, -0.1) is 0 Å². The lowest BCUT2D eigenvalue weighted by Gasteiger charge is -2.20. The van der Waals surface area contributed by atoms with Crippen LogP contribution >= 0.6 is 0 Å². The summed E-state index contributed by atoms with van der Waals surface area (Å²) in [6.07, 6.45) is 8.25. The third kappa shape index (κ3) is 8.21. The Hall–Kier alpha value is -2.08. The first-order valence-electron chi connectivity index (χ1n) is 7.56. The molecule has 0 aliphatic carbocycles.